The van der Waals surface area contributed by atoms with Crippen molar-refractivity contribution in [2.24, 2.45) is 0 Å². The van der Waals surface area contributed by atoms with E-state index in [0.29, 0.717) is 22.9 Å². The van der Waals surface area contributed by atoms with E-state index in [4.69, 9.17) is 5.11 Å². The van der Waals surface area contributed by atoms with Gasteiger partial charge in [0.1, 0.15) is 6.04 Å². The summed E-state index contributed by atoms with van der Waals surface area (Å²) in [4.78, 5) is 22.9. The second kappa shape index (κ2) is 6.89. The van der Waals surface area contributed by atoms with Gasteiger partial charge >= 0.3 is 5.97 Å². The Balaban J connectivity index is 2.83. The highest BCUT2D eigenvalue weighted by Gasteiger charge is 2.20. The second-order valence-electron chi connectivity index (χ2n) is 3.78. The van der Waals surface area contributed by atoms with Crippen molar-refractivity contribution in [1.82, 2.24) is 5.32 Å². The minimum Gasteiger partial charge on any atom is -0.480 e. The van der Waals surface area contributed by atoms with Crippen LogP contribution in [-0.4, -0.2) is 23.0 Å². The molecule has 0 aliphatic carbocycles. The lowest BCUT2D eigenvalue weighted by Gasteiger charge is -2.14. The van der Waals surface area contributed by atoms with E-state index in [2.05, 4.69) is 37.2 Å². The van der Waals surface area contributed by atoms with Crippen LogP contribution in [0.15, 0.2) is 27.1 Å². The molecule has 6 heteroatoms. The lowest BCUT2D eigenvalue weighted by molar-refractivity contribution is -0.139. The summed E-state index contributed by atoms with van der Waals surface area (Å²) in [5.74, 6) is -1.41. The van der Waals surface area contributed by atoms with Crippen molar-refractivity contribution >= 4 is 43.7 Å². The van der Waals surface area contributed by atoms with Crippen LogP contribution in [-0.2, 0) is 4.79 Å². The molecule has 1 rings (SSSR count). The summed E-state index contributed by atoms with van der Waals surface area (Å²) in [6.45, 7) is 1.87. The largest absolute Gasteiger partial charge is 0.480 e. The Morgan fingerprint density at radius 2 is 2.06 bits per heavy atom. The van der Waals surface area contributed by atoms with Gasteiger partial charge in [-0.2, -0.15) is 0 Å². The van der Waals surface area contributed by atoms with Gasteiger partial charge in [-0.25, -0.2) is 4.79 Å². The van der Waals surface area contributed by atoms with E-state index in [9.17, 15) is 9.59 Å². The molecule has 0 saturated heterocycles. The molecule has 1 amide bonds. The molecule has 0 heterocycles. The number of amides is 1. The normalized spacial score (nSPS) is 11.9. The average Bonchev–Trinajstić information content (AvgIpc) is 2.27. The number of carboxylic acid groups (broad SMARTS) is 1. The number of carboxylic acids is 1. The lowest BCUT2D eigenvalue weighted by Crippen LogP contribution is -2.40. The van der Waals surface area contributed by atoms with Gasteiger partial charge in [-0.05, 0) is 40.5 Å². The molecule has 0 aliphatic rings. The fourth-order valence-electron chi connectivity index (χ4n) is 1.46. The minimum atomic E-state index is -1.02. The number of hydrogen-bond donors (Lipinski definition) is 2. The molecule has 18 heavy (non-hydrogen) atoms. The standard InChI is InChI=1S/C12H13Br2NO3/c1-2-3-10(12(17)18)15-11(16)8-5-4-7(13)6-9(8)14/h4-6,10H,2-3H2,1H3,(H,15,16)(H,17,18)/t10-/m0/s1. The SMILES string of the molecule is CCC[C@H](NC(=O)c1ccc(Br)cc1Br)C(=O)O. The van der Waals surface area contributed by atoms with Gasteiger partial charge in [0.25, 0.3) is 5.91 Å². The van der Waals surface area contributed by atoms with Gasteiger partial charge in [-0.1, -0.05) is 29.3 Å². The Labute approximate surface area is 122 Å². The third-order valence-corrected chi connectivity index (χ3v) is 3.51. The summed E-state index contributed by atoms with van der Waals surface area (Å²) < 4.78 is 1.46. The maximum Gasteiger partial charge on any atom is 0.326 e. The molecule has 98 valence electrons. The molecule has 2 N–H and O–H groups in total. The maximum absolute atomic E-state index is 11.9. The molecular weight excluding hydrogens is 366 g/mol. The van der Waals surface area contributed by atoms with Crippen LogP contribution in [0.1, 0.15) is 30.1 Å². The van der Waals surface area contributed by atoms with Crippen LogP contribution >= 0.6 is 31.9 Å². The van der Waals surface area contributed by atoms with Crippen LogP contribution in [0, 0.1) is 0 Å². The lowest BCUT2D eigenvalue weighted by atomic mass is 10.1. The van der Waals surface area contributed by atoms with Gasteiger partial charge < -0.3 is 10.4 Å². The molecule has 0 aromatic heterocycles. The minimum absolute atomic E-state index is 0.393. The van der Waals surface area contributed by atoms with Gasteiger partial charge in [-0.3, -0.25) is 4.79 Å². The summed E-state index contributed by atoms with van der Waals surface area (Å²) in [7, 11) is 0. The summed E-state index contributed by atoms with van der Waals surface area (Å²) in [5, 5.41) is 11.5. The van der Waals surface area contributed by atoms with Gasteiger partial charge in [0.2, 0.25) is 0 Å². The van der Waals surface area contributed by atoms with Gasteiger partial charge in [0.15, 0.2) is 0 Å². The number of hydrogen-bond acceptors (Lipinski definition) is 2. The molecule has 0 aliphatic heterocycles. The molecule has 0 unspecified atom stereocenters. The van der Waals surface area contributed by atoms with Crippen molar-refractivity contribution in [3.05, 3.63) is 32.7 Å². The van der Waals surface area contributed by atoms with Crippen LogP contribution in [0.2, 0.25) is 0 Å². The summed E-state index contributed by atoms with van der Waals surface area (Å²) in [5.41, 5.74) is 0.417. The van der Waals surface area contributed by atoms with Crippen LogP contribution in [0.25, 0.3) is 0 Å². The molecule has 0 radical (unpaired) electrons. The molecule has 1 atom stereocenters. The van der Waals surface area contributed by atoms with E-state index in [0.717, 1.165) is 4.47 Å². The molecule has 4 nitrogen and oxygen atoms in total. The van der Waals surface area contributed by atoms with Crippen LogP contribution in [0.4, 0.5) is 0 Å². The van der Waals surface area contributed by atoms with Crippen molar-refractivity contribution in [3.8, 4) is 0 Å². The van der Waals surface area contributed by atoms with E-state index < -0.39 is 17.9 Å². The number of halogens is 2. The van der Waals surface area contributed by atoms with Crippen molar-refractivity contribution in [3.63, 3.8) is 0 Å². The first kappa shape index (κ1) is 15.2. The van der Waals surface area contributed by atoms with Gasteiger partial charge in [0.05, 0.1) is 5.56 Å². The highest BCUT2D eigenvalue weighted by molar-refractivity contribution is 9.11. The van der Waals surface area contributed by atoms with Crippen molar-refractivity contribution in [2.75, 3.05) is 0 Å². The predicted molar refractivity (Wildman–Crippen MR) is 75.6 cm³/mol. The fourth-order valence-corrected chi connectivity index (χ4v) is 2.68. The highest BCUT2D eigenvalue weighted by Crippen LogP contribution is 2.22. The zero-order valence-electron chi connectivity index (χ0n) is 9.74. The zero-order chi connectivity index (χ0) is 13.7. The maximum atomic E-state index is 11.9. The molecule has 1 aromatic rings. The Morgan fingerprint density at radius 3 is 2.56 bits per heavy atom. The van der Waals surface area contributed by atoms with Crippen molar-refractivity contribution < 1.29 is 14.7 Å². The molecular formula is C12H13Br2NO3. The zero-order valence-corrected chi connectivity index (χ0v) is 12.9. The first-order valence-corrected chi connectivity index (χ1v) is 7.03. The summed E-state index contributed by atoms with van der Waals surface area (Å²) in [6, 6.07) is 4.26. The first-order valence-electron chi connectivity index (χ1n) is 5.44. The summed E-state index contributed by atoms with van der Waals surface area (Å²) in [6.07, 6.45) is 1.11. The quantitative estimate of drug-likeness (QED) is 0.826. The van der Waals surface area contributed by atoms with E-state index in [1.165, 1.54) is 0 Å². The van der Waals surface area contributed by atoms with E-state index in [-0.39, 0.29) is 0 Å². The Bertz CT molecular complexity index is 463. The summed E-state index contributed by atoms with van der Waals surface area (Å²) >= 11 is 6.56. The first-order chi connectivity index (χ1) is 8.45. The molecule has 0 spiro atoms. The average molecular weight is 379 g/mol. The van der Waals surface area contributed by atoms with Crippen LogP contribution in [0.3, 0.4) is 0 Å². The fraction of sp³-hybridized carbons (Fsp3) is 0.333. The molecule has 0 saturated carbocycles. The smallest absolute Gasteiger partial charge is 0.326 e. The van der Waals surface area contributed by atoms with Gasteiger partial charge in [-0.15, -0.1) is 0 Å². The Hall–Kier alpha value is -0.880. The van der Waals surface area contributed by atoms with E-state index in [1.807, 2.05) is 6.92 Å². The number of nitrogens with one attached hydrogen (secondary N) is 1. The van der Waals surface area contributed by atoms with E-state index in [1.54, 1.807) is 18.2 Å². The van der Waals surface area contributed by atoms with Crippen molar-refractivity contribution in [2.45, 2.75) is 25.8 Å². The van der Waals surface area contributed by atoms with Crippen LogP contribution in [0.5, 0.6) is 0 Å². The number of carbonyl (C=O) groups is 2. The van der Waals surface area contributed by atoms with E-state index >= 15 is 0 Å². The number of rotatable bonds is 5. The molecule has 1 aromatic carbocycles. The third-order valence-electron chi connectivity index (χ3n) is 2.36. The highest BCUT2D eigenvalue weighted by atomic mass is 79.9. The Morgan fingerprint density at radius 1 is 1.39 bits per heavy atom. The predicted octanol–water partition coefficient (Wildman–Crippen LogP) is 3.19. The van der Waals surface area contributed by atoms with Gasteiger partial charge in [0, 0.05) is 8.95 Å². The third kappa shape index (κ3) is 4.10. The van der Waals surface area contributed by atoms with Crippen molar-refractivity contribution in [1.29, 1.82) is 0 Å². The molecule has 0 bridgehead atoms. The van der Waals surface area contributed by atoms with Crippen LogP contribution < -0.4 is 5.32 Å². The number of carbonyl (C=O) groups excluding carboxylic acids is 1. The molecule has 0 fully saturated rings. The number of benzene rings is 1. The topological polar surface area (TPSA) is 66.4 Å². The Kier molecular flexibility index (Phi) is 5.81. The number of aliphatic carboxylic acids is 1. The second-order valence-corrected chi connectivity index (χ2v) is 5.55. The monoisotopic (exact) mass is 377 g/mol.